The first-order chi connectivity index (χ1) is 14.2. The van der Waals surface area contributed by atoms with E-state index in [-0.39, 0.29) is 0 Å². The Morgan fingerprint density at radius 1 is 0.967 bits per heavy atom. The summed E-state index contributed by atoms with van der Waals surface area (Å²) >= 11 is 0. The van der Waals surface area contributed by atoms with Gasteiger partial charge < -0.3 is 14.4 Å². The van der Waals surface area contributed by atoms with Gasteiger partial charge in [-0.05, 0) is 121 Å². The molecular formula is C27H47NO2. The number of hydrogen-bond acceptors (Lipinski definition) is 3. The lowest BCUT2D eigenvalue weighted by Gasteiger charge is -2.61. The Balaban J connectivity index is 1.38. The lowest BCUT2D eigenvalue weighted by atomic mass is 9.45. The van der Waals surface area contributed by atoms with Gasteiger partial charge in [-0.2, -0.15) is 0 Å². The van der Waals surface area contributed by atoms with E-state index in [0.29, 0.717) is 23.0 Å². The molecule has 4 rings (SSSR count). The number of allylic oxidation sites excluding steroid dienone is 1. The van der Waals surface area contributed by atoms with Crippen molar-refractivity contribution >= 4 is 0 Å². The molecule has 0 aromatic carbocycles. The summed E-state index contributed by atoms with van der Waals surface area (Å²) in [5.74, 6) is 4.48. The molecule has 4 fully saturated rings. The molecule has 4 saturated carbocycles. The molecule has 8 atom stereocenters. The highest BCUT2D eigenvalue weighted by Gasteiger charge is 2.60. The van der Waals surface area contributed by atoms with Gasteiger partial charge in [0.05, 0.1) is 11.9 Å². The number of ether oxygens (including phenoxy) is 2. The van der Waals surface area contributed by atoms with Crippen molar-refractivity contribution in [3.8, 4) is 0 Å². The molecule has 172 valence electrons. The maximum Gasteiger partial charge on any atom is 0.104 e. The van der Waals surface area contributed by atoms with E-state index in [4.69, 9.17) is 9.47 Å². The highest BCUT2D eigenvalue weighted by Crippen LogP contribution is 2.66. The molecule has 30 heavy (non-hydrogen) atoms. The third-order valence-corrected chi connectivity index (χ3v) is 9.98. The van der Waals surface area contributed by atoms with Crippen molar-refractivity contribution in [2.24, 2.45) is 34.5 Å². The van der Waals surface area contributed by atoms with Crippen LogP contribution in [0.1, 0.15) is 85.0 Å². The van der Waals surface area contributed by atoms with Gasteiger partial charge in [0.2, 0.25) is 0 Å². The summed E-state index contributed by atoms with van der Waals surface area (Å²) < 4.78 is 12.6. The van der Waals surface area contributed by atoms with Gasteiger partial charge in [-0.25, -0.2) is 0 Å². The molecule has 0 saturated heterocycles. The fourth-order valence-corrected chi connectivity index (χ4v) is 8.39. The largest absolute Gasteiger partial charge is 0.495 e. The summed E-state index contributed by atoms with van der Waals surface area (Å²) in [6.07, 6.45) is 14.3. The number of nitrogens with zero attached hydrogens (tertiary/aromatic N) is 1. The second-order valence-corrected chi connectivity index (χ2v) is 12.0. The summed E-state index contributed by atoms with van der Waals surface area (Å²) in [5, 5.41) is 0. The predicted octanol–water partition coefficient (Wildman–Crippen LogP) is 6.28. The molecule has 3 heteroatoms. The average Bonchev–Trinajstić information content (AvgIpc) is 3.01. The van der Waals surface area contributed by atoms with Crippen LogP contribution in [0.5, 0.6) is 0 Å². The van der Waals surface area contributed by atoms with Crippen LogP contribution in [0.25, 0.3) is 0 Å². The van der Waals surface area contributed by atoms with E-state index in [2.05, 4.69) is 39.4 Å². The Morgan fingerprint density at radius 2 is 1.70 bits per heavy atom. The van der Waals surface area contributed by atoms with Crippen molar-refractivity contribution < 1.29 is 9.47 Å². The van der Waals surface area contributed by atoms with Gasteiger partial charge in [-0.1, -0.05) is 20.4 Å². The molecule has 0 N–H and O–H groups in total. The van der Waals surface area contributed by atoms with Crippen LogP contribution < -0.4 is 0 Å². The minimum absolute atomic E-state index is 0.371. The van der Waals surface area contributed by atoms with Gasteiger partial charge in [-0.3, -0.25) is 0 Å². The minimum atomic E-state index is 0.371. The standard InChI is InChI=1S/C27H47NO2/c1-19(2)30-25-11-10-23-22-9-8-20-18-21(29-17-7-16-28(5)6)12-14-26(20,3)24(22)13-15-27(23,25)4/h20-25H,1,7-18H2,2-6H3/t20?,21-,22?,23?,24?,25-,26-,27-/m0/s1. The van der Waals surface area contributed by atoms with Crippen molar-refractivity contribution in [3.63, 3.8) is 0 Å². The summed E-state index contributed by atoms with van der Waals surface area (Å²) in [4.78, 5) is 2.26. The van der Waals surface area contributed by atoms with Gasteiger partial charge in [-0.15, -0.1) is 0 Å². The number of fused-ring (bicyclic) bond motifs is 5. The van der Waals surface area contributed by atoms with Crippen LogP contribution in [-0.4, -0.2) is 44.4 Å². The van der Waals surface area contributed by atoms with Gasteiger partial charge in [0.25, 0.3) is 0 Å². The highest BCUT2D eigenvalue weighted by atomic mass is 16.5. The van der Waals surface area contributed by atoms with Crippen LogP contribution in [0.3, 0.4) is 0 Å². The molecule has 4 unspecified atom stereocenters. The molecule has 0 spiro atoms. The molecule has 0 aromatic rings. The molecule has 0 aliphatic heterocycles. The SMILES string of the molecule is C=C(C)O[C@H]1CCC2C3CCC4C[C@@H](OCCCN(C)C)CC[C@]4(C)C3CC[C@@]21C. The number of hydrogen-bond donors (Lipinski definition) is 0. The van der Waals surface area contributed by atoms with Crippen molar-refractivity contribution in [2.75, 3.05) is 27.2 Å². The van der Waals surface area contributed by atoms with Gasteiger partial charge in [0, 0.05) is 12.0 Å². The summed E-state index contributed by atoms with van der Waals surface area (Å²) in [7, 11) is 4.30. The lowest BCUT2D eigenvalue weighted by molar-refractivity contribution is -0.142. The second-order valence-electron chi connectivity index (χ2n) is 12.0. The Bertz CT molecular complexity index is 618. The molecule has 4 aliphatic rings. The molecule has 0 bridgehead atoms. The number of rotatable bonds is 7. The van der Waals surface area contributed by atoms with E-state index in [9.17, 15) is 0 Å². The molecule has 4 aliphatic carbocycles. The molecular weight excluding hydrogens is 370 g/mol. The van der Waals surface area contributed by atoms with Crippen molar-refractivity contribution in [1.29, 1.82) is 0 Å². The summed E-state index contributed by atoms with van der Waals surface area (Å²) in [6.45, 7) is 13.3. The summed E-state index contributed by atoms with van der Waals surface area (Å²) in [6, 6.07) is 0. The fraction of sp³-hybridized carbons (Fsp3) is 0.926. The minimum Gasteiger partial charge on any atom is -0.495 e. The van der Waals surface area contributed by atoms with Crippen LogP contribution in [0, 0.1) is 34.5 Å². The van der Waals surface area contributed by atoms with Crippen LogP contribution in [0.2, 0.25) is 0 Å². The first-order valence-corrected chi connectivity index (χ1v) is 12.8. The van der Waals surface area contributed by atoms with Gasteiger partial charge in [0.1, 0.15) is 6.10 Å². The average molecular weight is 418 g/mol. The zero-order valence-corrected chi connectivity index (χ0v) is 20.4. The van der Waals surface area contributed by atoms with E-state index >= 15 is 0 Å². The van der Waals surface area contributed by atoms with Gasteiger partial charge in [0.15, 0.2) is 0 Å². The Hall–Kier alpha value is -0.540. The Morgan fingerprint density at radius 3 is 2.43 bits per heavy atom. The van der Waals surface area contributed by atoms with Crippen molar-refractivity contribution in [1.82, 2.24) is 4.90 Å². The topological polar surface area (TPSA) is 21.7 Å². The Kier molecular flexibility index (Phi) is 6.62. The first kappa shape index (κ1) is 22.6. The molecule has 0 amide bonds. The molecule has 0 radical (unpaired) electrons. The van der Waals surface area contributed by atoms with E-state index in [1.165, 1.54) is 57.8 Å². The van der Waals surface area contributed by atoms with Crippen LogP contribution in [0.4, 0.5) is 0 Å². The van der Waals surface area contributed by atoms with Crippen molar-refractivity contribution in [2.45, 2.75) is 97.2 Å². The Labute approximate surface area is 186 Å². The zero-order chi connectivity index (χ0) is 21.5. The maximum absolute atomic E-state index is 6.35. The molecule has 0 aromatic heterocycles. The predicted molar refractivity (Wildman–Crippen MR) is 124 cm³/mol. The monoisotopic (exact) mass is 417 g/mol. The lowest BCUT2D eigenvalue weighted by Crippen LogP contribution is -2.54. The van der Waals surface area contributed by atoms with E-state index in [1.54, 1.807) is 0 Å². The van der Waals surface area contributed by atoms with Crippen LogP contribution in [-0.2, 0) is 9.47 Å². The van der Waals surface area contributed by atoms with Crippen LogP contribution in [0.15, 0.2) is 12.3 Å². The van der Waals surface area contributed by atoms with Gasteiger partial charge >= 0.3 is 0 Å². The molecule has 0 heterocycles. The van der Waals surface area contributed by atoms with Crippen molar-refractivity contribution in [3.05, 3.63) is 12.3 Å². The quantitative estimate of drug-likeness (QED) is 0.359. The normalized spacial score (nSPS) is 45.5. The molecule has 3 nitrogen and oxygen atoms in total. The smallest absolute Gasteiger partial charge is 0.104 e. The van der Waals surface area contributed by atoms with E-state index < -0.39 is 0 Å². The van der Waals surface area contributed by atoms with E-state index in [1.807, 2.05) is 6.92 Å². The third kappa shape index (κ3) is 4.10. The van der Waals surface area contributed by atoms with E-state index in [0.717, 1.165) is 49.0 Å². The maximum atomic E-state index is 6.35. The first-order valence-electron chi connectivity index (χ1n) is 12.8. The highest BCUT2D eigenvalue weighted by molar-refractivity contribution is 5.10. The third-order valence-electron chi connectivity index (χ3n) is 9.98. The van der Waals surface area contributed by atoms with Crippen LogP contribution >= 0.6 is 0 Å². The zero-order valence-electron chi connectivity index (χ0n) is 20.4. The second kappa shape index (κ2) is 8.77. The fourth-order valence-electron chi connectivity index (χ4n) is 8.39. The summed E-state index contributed by atoms with van der Waals surface area (Å²) in [5.41, 5.74) is 0.914.